The Hall–Kier alpha value is -0.680. The van der Waals surface area contributed by atoms with Crippen molar-refractivity contribution in [3.8, 4) is 0 Å². The Morgan fingerprint density at radius 3 is 2.57 bits per heavy atom. The molecule has 78 valence electrons. The molecule has 0 fully saturated rings. The molecule has 1 rings (SSSR count). The van der Waals surface area contributed by atoms with Crippen LogP contribution in [0.3, 0.4) is 0 Å². The van der Waals surface area contributed by atoms with Crippen molar-refractivity contribution in [3.05, 3.63) is 34.6 Å². The monoisotopic (exact) mass is 220 g/mol. The van der Waals surface area contributed by atoms with Crippen molar-refractivity contribution in [2.24, 2.45) is 0 Å². The van der Waals surface area contributed by atoms with Crippen LogP contribution in [-0.4, -0.2) is 28.0 Å². The third-order valence-corrected chi connectivity index (χ3v) is 2.17. The highest BCUT2D eigenvalue weighted by Crippen LogP contribution is 2.25. The lowest BCUT2D eigenvalue weighted by atomic mass is 10.0. The molecule has 1 aromatic carbocycles. The minimum atomic E-state index is -1.39. The largest absolute Gasteiger partial charge is 0.394 e. The fourth-order valence-corrected chi connectivity index (χ4v) is 1.28. The van der Waals surface area contributed by atoms with Gasteiger partial charge in [-0.25, -0.2) is 4.39 Å². The van der Waals surface area contributed by atoms with E-state index in [1.807, 2.05) is 0 Å². The molecule has 1 aromatic rings. The summed E-state index contributed by atoms with van der Waals surface area (Å²) in [5.41, 5.74) is 0.0632. The van der Waals surface area contributed by atoms with E-state index < -0.39 is 24.6 Å². The average molecular weight is 221 g/mol. The van der Waals surface area contributed by atoms with Crippen molar-refractivity contribution >= 4 is 11.6 Å². The summed E-state index contributed by atoms with van der Waals surface area (Å²) in [5.74, 6) is -0.561. The molecule has 0 radical (unpaired) electrons. The summed E-state index contributed by atoms with van der Waals surface area (Å²) >= 11 is 5.67. The molecule has 0 aromatic heterocycles. The van der Waals surface area contributed by atoms with Gasteiger partial charge < -0.3 is 15.3 Å². The van der Waals surface area contributed by atoms with Gasteiger partial charge >= 0.3 is 0 Å². The lowest BCUT2D eigenvalue weighted by Crippen LogP contribution is -2.22. The Labute approximate surface area is 85.4 Å². The van der Waals surface area contributed by atoms with Crippen LogP contribution in [0.15, 0.2) is 18.2 Å². The van der Waals surface area contributed by atoms with Crippen LogP contribution in [-0.2, 0) is 0 Å². The predicted octanol–water partition coefficient (Wildman–Crippen LogP) is 0.866. The highest BCUT2D eigenvalue weighted by atomic mass is 35.5. The van der Waals surface area contributed by atoms with Gasteiger partial charge in [-0.15, -0.1) is 0 Å². The van der Waals surface area contributed by atoms with E-state index in [1.165, 1.54) is 6.07 Å². The van der Waals surface area contributed by atoms with Gasteiger partial charge in [0.05, 0.1) is 6.61 Å². The van der Waals surface area contributed by atoms with E-state index >= 15 is 0 Å². The van der Waals surface area contributed by atoms with Crippen LogP contribution >= 0.6 is 11.6 Å². The van der Waals surface area contributed by atoms with Gasteiger partial charge in [0.1, 0.15) is 18.0 Å². The molecule has 3 nitrogen and oxygen atoms in total. The Kier molecular flexibility index (Phi) is 3.83. The molecular formula is C9H10ClFO3. The molecule has 0 aliphatic rings. The second-order valence-corrected chi connectivity index (χ2v) is 3.27. The molecule has 0 saturated carbocycles. The molecule has 0 bridgehead atoms. The fraction of sp³-hybridized carbons (Fsp3) is 0.333. The number of benzene rings is 1. The number of halogens is 2. The first-order valence-electron chi connectivity index (χ1n) is 3.98. The molecule has 0 aliphatic carbocycles. The van der Waals surface area contributed by atoms with E-state index in [0.717, 1.165) is 12.1 Å². The van der Waals surface area contributed by atoms with E-state index in [4.69, 9.17) is 21.8 Å². The Bertz CT molecular complexity index is 319. The van der Waals surface area contributed by atoms with Gasteiger partial charge in [0, 0.05) is 10.6 Å². The number of aliphatic hydroxyl groups is 3. The SMILES string of the molecule is OCC(O)C(O)c1cc(F)ccc1Cl. The summed E-state index contributed by atoms with van der Waals surface area (Å²) in [5, 5.41) is 27.3. The maximum absolute atomic E-state index is 12.8. The standard InChI is InChI=1S/C9H10ClFO3/c10-7-2-1-5(11)3-6(7)9(14)8(13)4-12/h1-3,8-9,12-14H,4H2. The van der Waals surface area contributed by atoms with Gasteiger partial charge in [-0.1, -0.05) is 11.6 Å². The molecule has 5 heteroatoms. The van der Waals surface area contributed by atoms with E-state index in [2.05, 4.69) is 0 Å². The maximum Gasteiger partial charge on any atom is 0.123 e. The van der Waals surface area contributed by atoms with Crippen molar-refractivity contribution in [3.63, 3.8) is 0 Å². The van der Waals surface area contributed by atoms with E-state index in [1.54, 1.807) is 0 Å². The normalized spacial score (nSPS) is 15.2. The van der Waals surface area contributed by atoms with Crippen molar-refractivity contribution < 1.29 is 19.7 Å². The summed E-state index contributed by atoms with van der Waals surface area (Å²) in [7, 11) is 0. The quantitative estimate of drug-likeness (QED) is 0.708. The zero-order chi connectivity index (χ0) is 10.7. The Morgan fingerprint density at radius 1 is 1.36 bits per heavy atom. The number of rotatable bonds is 3. The minimum absolute atomic E-state index is 0.0632. The van der Waals surface area contributed by atoms with Gasteiger partial charge in [-0.05, 0) is 18.2 Å². The third-order valence-electron chi connectivity index (χ3n) is 1.83. The Balaban J connectivity index is 2.99. The molecule has 0 heterocycles. The summed E-state index contributed by atoms with van der Waals surface area (Å²) in [4.78, 5) is 0. The molecule has 0 saturated heterocycles. The van der Waals surface area contributed by atoms with Gasteiger partial charge in [0.25, 0.3) is 0 Å². The lowest BCUT2D eigenvalue weighted by Gasteiger charge is -2.16. The highest BCUT2D eigenvalue weighted by Gasteiger charge is 2.20. The smallest absolute Gasteiger partial charge is 0.123 e. The second-order valence-electron chi connectivity index (χ2n) is 2.86. The molecule has 0 spiro atoms. The lowest BCUT2D eigenvalue weighted by molar-refractivity contribution is -0.0153. The summed E-state index contributed by atoms with van der Waals surface area (Å²) in [6.45, 7) is -0.617. The minimum Gasteiger partial charge on any atom is -0.394 e. The Morgan fingerprint density at radius 2 is 2.00 bits per heavy atom. The molecule has 14 heavy (non-hydrogen) atoms. The van der Waals surface area contributed by atoms with E-state index in [0.29, 0.717) is 0 Å². The van der Waals surface area contributed by atoms with Crippen molar-refractivity contribution in [1.29, 1.82) is 0 Å². The zero-order valence-electron chi connectivity index (χ0n) is 7.19. The zero-order valence-corrected chi connectivity index (χ0v) is 7.95. The molecule has 0 amide bonds. The van der Waals surface area contributed by atoms with Gasteiger partial charge in [-0.2, -0.15) is 0 Å². The summed E-state index contributed by atoms with van der Waals surface area (Å²) < 4.78 is 12.8. The number of hydrogen-bond donors (Lipinski definition) is 3. The second kappa shape index (κ2) is 4.70. The van der Waals surface area contributed by atoms with Crippen LogP contribution in [0.25, 0.3) is 0 Å². The first-order chi connectivity index (χ1) is 6.56. The van der Waals surface area contributed by atoms with Crippen LogP contribution in [0.2, 0.25) is 5.02 Å². The molecular weight excluding hydrogens is 211 g/mol. The van der Waals surface area contributed by atoms with E-state index in [9.17, 15) is 9.50 Å². The molecule has 2 atom stereocenters. The average Bonchev–Trinajstić information content (AvgIpc) is 2.19. The van der Waals surface area contributed by atoms with Crippen molar-refractivity contribution in [2.75, 3.05) is 6.61 Å². The van der Waals surface area contributed by atoms with Crippen molar-refractivity contribution in [1.82, 2.24) is 0 Å². The molecule has 3 N–H and O–H groups in total. The van der Waals surface area contributed by atoms with Gasteiger partial charge in [-0.3, -0.25) is 0 Å². The first-order valence-corrected chi connectivity index (χ1v) is 4.36. The highest BCUT2D eigenvalue weighted by molar-refractivity contribution is 6.31. The molecule has 2 unspecified atom stereocenters. The van der Waals surface area contributed by atoms with Crippen LogP contribution in [0.5, 0.6) is 0 Å². The van der Waals surface area contributed by atoms with Crippen LogP contribution in [0, 0.1) is 5.82 Å². The maximum atomic E-state index is 12.8. The number of aliphatic hydroxyl groups excluding tert-OH is 3. The predicted molar refractivity (Wildman–Crippen MR) is 49.5 cm³/mol. The summed E-state index contributed by atoms with van der Waals surface area (Å²) in [6, 6.07) is 3.44. The topological polar surface area (TPSA) is 60.7 Å². The fourth-order valence-electron chi connectivity index (χ4n) is 1.05. The third kappa shape index (κ3) is 2.42. The van der Waals surface area contributed by atoms with Crippen LogP contribution in [0.1, 0.15) is 11.7 Å². The number of hydrogen-bond acceptors (Lipinski definition) is 3. The van der Waals surface area contributed by atoms with E-state index in [-0.39, 0.29) is 10.6 Å². The van der Waals surface area contributed by atoms with Crippen LogP contribution < -0.4 is 0 Å². The summed E-state index contributed by atoms with van der Waals surface area (Å²) in [6.07, 6.45) is -2.75. The van der Waals surface area contributed by atoms with Gasteiger partial charge in [0.2, 0.25) is 0 Å². The molecule has 0 aliphatic heterocycles. The first kappa shape index (κ1) is 11.4. The van der Waals surface area contributed by atoms with Gasteiger partial charge in [0.15, 0.2) is 0 Å². The van der Waals surface area contributed by atoms with Crippen LogP contribution in [0.4, 0.5) is 4.39 Å². The van der Waals surface area contributed by atoms with Crippen molar-refractivity contribution in [2.45, 2.75) is 12.2 Å².